The third kappa shape index (κ3) is 5.36. The van der Waals surface area contributed by atoms with Crippen LogP contribution >= 0.6 is 0 Å². The first kappa shape index (κ1) is 19.9. The molecule has 1 aromatic carbocycles. The van der Waals surface area contributed by atoms with Crippen LogP contribution in [0.2, 0.25) is 0 Å². The van der Waals surface area contributed by atoms with Crippen LogP contribution in [0.4, 0.5) is 0 Å². The minimum Gasteiger partial charge on any atom is -0.352 e. The molecule has 3 saturated heterocycles. The molecule has 3 aliphatic heterocycles. The van der Waals surface area contributed by atoms with Gasteiger partial charge in [-0.25, -0.2) is 0 Å². The Bertz CT molecular complexity index is 636. The van der Waals surface area contributed by atoms with Gasteiger partial charge in [0.05, 0.1) is 0 Å². The van der Waals surface area contributed by atoms with Gasteiger partial charge in [0.15, 0.2) is 0 Å². The van der Waals surface area contributed by atoms with Crippen molar-refractivity contribution in [1.29, 1.82) is 0 Å². The van der Waals surface area contributed by atoms with Gasteiger partial charge in [-0.2, -0.15) is 0 Å². The number of hydrogen-bond donors (Lipinski definition) is 2. The molecule has 0 saturated carbocycles. The number of likely N-dealkylation sites (tertiary alicyclic amines) is 1. The van der Waals surface area contributed by atoms with Crippen LogP contribution in [0.5, 0.6) is 0 Å². The van der Waals surface area contributed by atoms with E-state index in [0.717, 1.165) is 18.4 Å². The fourth-order valence-electron chi connectivity index (χ4n) is 5.82. The summed E-state index contributed by atoms with van der Waals surface area (Å²) >= 11 is 0. The topological polar surface area (TPSA) is 44.4 Å². The first-order valence-corrected chi connectivity index (χ1v) is 11.4. The van der Waals surface area contributed by atoms with E-state index in [-0.39, 0.29) is 5.91 Å². The third-order valence-corrected chi connectivity index (χ3v) is 6.91. The quantitative estimate of drug-likeness (QED) is 0.787. The Labute approximate surface area is 170 Å². The van der Waals surface area contributed by atoms with Gasteiger partial charge >= 0.3 is 0 Å². The smallest absolute Gasteiger partial charge is 0.220 e. The van der Waals surface area contributed by atoms with Gasteiger partial charge < -0.3 is 10.6 Å². The van der Waals surface area contributed by atoms with Crippen LogP contribution in [-0.2, 0) is 17.9 Å². The minimum atomic E-state index is 0.215. The molecule has 3 heterocycles. The van der Waals surface area contributed by atoms with Crippen molar-refractivity contribution in [2.45, 2.75) is 77.5 Å². The standard InChI is InChI=1S/C24H37N3O/c1-17-9-18(2)15-27(14-17)16-20-5-3-19(4-6-20)13-25-24(28)12-21-10-22-7-8-23(11-21)26-22/h3-6,17-18,21-23,26H,7-16H2,1-2H3,(H,25,28). The lowest BCUT2D eigenvalue weighted by atomic mass is 9.89. The highest BCUT2D eigenvalue weighted by Gasteiger charge is 2.34. The summed E-state index contributed by atoms with van der Waals surface area (Å²) < 4.78 is 0. The summed E-state index contributed by atoms with van der Waals surface area (Å²) in [5.41, 5.74) is 2.57. The van der Waals surface area contributed by atoms with E-state index >= 15 is 0 Å². The number of piperidine rings is 2. The van der Waals surface area contributed by atoms with E-state index < -0.39 is 0 Å². The van der Waals surface area contributed by atoms with E-state index in [9.17, 15) is 4.79 Å². The van der Waals surface area contributed by atoms with Crippen molar-refractivity contribution in [2.24, 2.45) is 17.8 Å². The monoisotopic (exact) mass is 383 g/mol. The maximum absolute atomic E-state index is 12.4. The molecule has 2 N–H and O–H groups in total. The number of benzene rings is 1. The van der Waals surface area contributed by atoms with E-state index in [2.05, 4.69) is 53.6 Å². The lowest BCUT2D eigenvalue weighted by Crippen LogP contribution is -2.39. The Morgan fingerprint density at radius 3 is 2.25 bits per heavy atom. The number of rotatable bonds is 6. The second-order valence-corrected chi connectivity index (χ2v) is 9.91. The van der Waals surface area contributed by atoms with Crippen molar-refractivity contribution in [3.63, 3.8) is 0 Å². The number of carbonyl (C=O) groups excluding carboxylic acids is 1. The summed E-state index contributed by atoms with van der Waals surface area (Å²) in [5.74, 6) is 2.38. The molecule has 4 nitrogen and oxygen atoms in total. The average Bonchev–Trinajstić information content (AvgIpc) is 2.98. The maximum Gasteiger partial charge on any atom is 0.220 e. The lowest BCUT2D eigenvalue weighted by molar-refractivity contribution is -0.122. The van der Waals surface area contributed by atoms with Crippen molar-refractivity contribution in [3.05, 3.63) is 35.4 Å². The van der Waals surface area contributed by atoms with Gasteiger partial charge in [0.1, 0.15) is 0 Å². The molecule has 0 aliphatic carbocycles. The molecule has 0 radical (unpaired) electrons. The highest BCUT2D eigenvalue weighted by molar-refractivity contribution is 5.76. The fourth-order valence-corrected chi connectivity index (χ4v) is 5.82. The molecule has 28 heavy (non-hydrogen) atoms. The largest absolute Gasteiger partial charge is 0.352 e. The lowest BCUT2D eigenvalue weighted by Gasteiger charge is -2.35. The molecule has 4 heteroatoms. The van der Waals surface area contributed by atoms with Crippen LogP contribution in [0, 0.1) is 17.8 Å². The summed E-state index contributed by atoms with van der Waals surface area (Å²) in [6.07, 6.45) is 6.99. The molecule has 0 spiro atoms. The Morgan fingerprint density at radius 2 is 1.61 bits per heavy atom. The summed E-state index contributed by atoms with van der Waals surface area (Å²) in [7, 11) is 0. The molecule has 3 fully saturated rings. The zero-order chi connectivity index (χ0) is 19.5. The van der Waals surface area contributed by atoms with E-state index in [1.54, 1.807) is 0 Å². The molecule has 154 valence electrons. The fraction of sp³-hybridized carbons (Fsp3) is 0.708. The molecular weight excluding hydrogens is 346 g/mol. The van der Waals surface area contributed by atoms with E-state index in [0.29, 0.717) is 31.0 Å². The second kappa shape index (κ2) is 8.96. The van der Waals surface area contributed by atoms with Gasteiger partial charge in [0, 0.05) is 44.7 Å². The highest BCUT2D eigenvalue weighted by Crippen LogP contribution is 2.32. The molecule has 1 aromatic rings. The van der Waals surface area contributed by atoms with E-state index in [1.807, 2.05) is 0 Å². The van der Waals surface area contributed by atoms with Gasteiger partial charge in [0.25, 0.3) is 0 Å². The minimum absolute atomic E-state index is 0.215. The van der Waals surface area contributed by atoms with Crippen molar-refractivity contribution in [2.75, 3.05) is 13.1 Å². The van der Waals surface area contributed by atoms with Crippen molar-refractivity contribution >= 4 is 5.91 Å². The van der Waals surface area contributed by atoms with Crippen molar-refractivity contribution in [3.8, 4) is 0 Å². The first-order valence-electron chi connectivity index (χ1n) is 11.4. The Hall–Kier alpha value is -1.39. The van der Waals surface area contributed by atoms with Gasteiger partial charge in [0.2, 0.25) is 5.91 Å². The number of nitrogens with zero attached hydrogens (tertiary/aromatic N) is 1. The molecule has 4 atom stereocenters. The molecule has 4 rings (SSSR count). The van der Waals surface area contributed by atoms with Crippen LogP contribution in [0.3, 0.4) is 0 Å². The summed E-state index contributed by atoms with van der Waals surface area (Å²) in [6.45, 7) is 8.83. The zero-order valence-electron chi connectivity index (χ0n) is 17.6. The van der Waals surface area contributed by atoms with Crippen LogP contribution in [0.1, 0.15) is 63.5 Å². The van der Waals surface area contributed by atoms with Crippen molar-refractivity contribution in [1.82, 2.24) is 15.5 Å². The summed E-state index contributed by atoms with van der Waals surface area (Å²) in [6, 6.07) is 10.1. The SMILES string of the molecule is CC1CC(C)CN(Cc2ccc(CNC(=O)CC3CC4CCC(C3)N4)cc2)C1. The van der Waals surface area contributed by atoms with Crippen LogP contribution in [0.15, 0.2) is 24.3 Å². The molecule has 3 aliphatic rings. The molecule has 2 bridgehead atoms. The predicted octanol–water partition coefficient (Wildman–Crippen LogP) is 3.70. The third-order valence-electron chi connectivity index (χ3n) is 6.91. The Balaban J connectivity index is 1.20. The van der Waals surface area contributed by atoms with Crippen LogP contribution in [0.25, 0.3) is 0 Å². The summed E-state index contributed by atoms with van der Waals surface area (Å²) in [5, 5.41) is 6.79. The van der Waals surface area contributed by atoms with Gasteiger partial charge in [-0.3, -0.25) is 9.69 Å². The van der Waals surface area contributed by atoms with E-state index in [1.165, 1.54) is 56.3 Å². The van der Waals surface area contributed by atoms with Crippen molar-refractivity contribution < 1.29 is 4.79 Å². The predicted molar refractivity (Wildman–Crippen MR) is 114 cm³/mol. The molecular formula is C24H37N3O. The molecule has 0 aromatic heterocycles. The second-order valence-electron chi connectivity index (χ2n) is 9.91. The number of hydrogen-bond acceptors (Lipinski definition) is 3. The summed E-state index contributed by atoms with van der Waals surface area (Å²) in [4.78, 5) is 15.0. The zero-order valence-corrected chi connectivity index (χ0v) is 17.6. The molecule has 1 amide bonds. The maximum atomic E-state index is 12.4. The number of nitrogens with one attached hydrogen (secondary N) is 2. The number of carbonyl (C=O) groups is 1. The Morgan fingerprint density at radius 1 is 1.00 bits per heavy atom. The Kier molecular flexibility index (Phi) is 6.37. The van der Waals surface area contributed by atoms with Gasteiger partial charge in [-0.1, -0.05) is 38.1 Å². The van der Waals surface area contributed by atoms with Crippen LogP contribution in [-0.4, -0.2) is 36.0 Å². The number of fused-ring (bicyclic) bond motifs is 2. The normalized spacial score (nSPS) is 33.0. The molecule has 4 unspecified atom stereocenters. The highest BCUT2D eigenvalue weighted by atomic mass is 16.1. The van der Waals surface area contributed by atoms with Gasteiger partial charge in [-0.15, -0.1) is 0 Å². The number of amides is 1. The van der Waals surface area contributed by atoms with E-state index in [4.69, 9.17) is 0 Å². The first-order chi connectivity index (χ1) is 13.5. The van der Waals surface area contributed by atoms with Crippen LogP contribution < -0.4 is 10.6 Å². The van der Waals surface area contributed by atoms with Gasteiger partial charge in [-0.05, 0) is 61.0 Å². The average molecular weight is 384 g/mol.